The monoisotopic (exact) mass is 248 g/mol. The van der Waals surface area contributed by atoms with Crippen molar-refractivity contribution in [1.82, 2.24) is 9.97 Å². The largest absolute Gasteiger partial charge is 0.506 e. The van der Waals surface area contributed by atoms with E-state index in [-0.39, 0.29) is 5.76 Å². The van der Waals surface area contributed by atoms with Gasteiger partial charge in [0.15, 0.2) is 0 Å². The molecule has 0 spiro atoms. The summed E-state index contributed by atoms with van der Waals surface area (Å²) in [5.41, 5.74) is 2.16. The summed E-state index contributed by atoms with van der Waals surface area (Å²) in [5.74, 6) is 0.114. The van der Waals surface area contributed by atoms with Crippen LogP contribution in [-0.4, -0.2) is 15.1 Å². The van der Waals surface area contributed by atoms with Gasteiger partial charge in [-0.25, -0.2) is 4.98 Å². The van der Waals surface area contributed by atoms with Crippen molar-refractivity contribution in [2.24, 2.45) is 0 Å². The molecule has 0 saturated heterocycles. The molecule has 0 aliphatic carbocycles. The molecule has 92 valence electrons. The van der Waals surface area contributed by atoms with E-state index in [2.05, 4.69) is 9.97 Å². The molecule has 3 rings (SSSR count). The molecule has 3 aromatic rings. The molecule has 0 bridgehead atoms. The maximum absolute atomic E-state index is 10.0. The van der Waals surface area contributed by atoms with E-state index in [9.17, 15) is 5.11 Å². The highest BCUT2D eigenvalue weighted by Gasteiger charge is 2.01. The second-order valence-electron chi connectivity index (χ2n) is 4.17. The number of aromatic nitrogens is 2. The Morgan fingerprint density at radius 3 is 2.63 bits per heavy atom. The number of hydrogen-bond donors (Lipinski definition) is 1. The fourth-order valence-electron chi connectivity index (χ4n) is 1.89. The van der Waals surface area contributed by atoms with Crippen LogP contribution in [0.3, 0.4) is 0 Å². The van der Waals surface area contributed by atoms with Crippen LogP contribution < -0.4 is 0 Å². The normalized spacial score (nSPS) is 11.7. The molecule has 3 heteroatoms. The Morgan fingerprint density at radius 2 is 1.79 bits per heavy atom. The minimum absolute atomic E-state index is 0.114. The average Bonchev–Trinajstić information content (AvgIpc) is 2.48. The molecule has 0 unspecified atom stereocenters. The Bertz CT molecular complexity index is 736. The van der Waals surface area contributed by atoms with E-state index in [1.54, 1.807) is 18.3 Å². The topological polar surface area (TPSA) is 46.0 Å². The Kier molecular flexibility index (Phi) is 2.94. The number of rotatable bonds is 2. The van der Waals surface area contributed by atoms with Crippen molar-refractivity contribution in [2.75, 3.05) is 0 Å². The smallest absolute Gasteiger partial charge is 0.143 e. The lowest BCUT2D eigenvalue weighted by molar-refractivity contribution is 0.512. The molecule has 2 aromatic heterocycles. The van der Waals surface area contributed by atoms with Gasteiger partial charge in [-0.15, -0.1) is 0 Å². The predicted octanol–water partition coefficient (Wildman–Crippen LogP) is 3.69. The standard InChI is InChI=1S/C16H12N2O/c19-16(15-7-3-4-10-17-15)11-13-9-8-12-5-1-2-6-14(12)18-13/h1-11,19H/b16-11-. The molecule has 0 saturated carbocycles. The summed E-state index contributed by atoms with van der Waals surface area (Å²) in [7, 11) is 0. The van der Waals surface area contributed by atoms with Crippen molar-refractivity contribution in [3.05, 3.63) is 72.2 Å². The molecule has 1 aromatic carbocycles. The van der Waals surface area contributed by atoms with Crippen molar-refractivity contribution in [3.63, 3.8) is 0 Å². The molecule has 0 aliphatic rings. The molecule has 0 amide bonds. The van der Waals surface area contributed by atoms with E-state index in [1.807, 2.05) is 48.5 Å². The van der Waals surface area contributed by atoms with Gasteiger partial charge in [-0.3, -0.25) is 4.98 Å². The van der Waals surface area contributed by atoms with Gasteiger partial charge >= 0.3 is 0 Å². The van der Waals surface area contributed by atoms with Crippen molar-refractivity contribution >= 4 is 22.7 Å². The summed E-state index contributed by atoms with van der Waals surface area (Å²) < 4.78 is 0. The first-order chi connectivity index (χ1) is 9.33. The SMILES string of the molecule is O/C(=C\c1ccc2ccccc2n1)c1ccccn1. The summed E-state index contributed by atoms with van der Waals surface area (Å²) >= 11 is 0. The quantitative estimate of drug-likeness (QED) is 0.703. The van der Waals surface area contributed by atoms with Gasteiger partial charge in [0, 0.05) is 17.7 Å². The minimum Gasteiger partial charge on any atom is -0.506 e. The number of para-hydroxylation sites is 1. The summed E-state index contributed by atoms with van der Waals surface area (Å²) in [6, 6.07) is 17.1. The van der Waals surface area contributed by atoms with Crippen LogP contribution in [0.5, 0.6) is 0 Å². The van der Waals surface area contributed by atoms with Crippen LogP contribution in [0.4, 0.5) is 0 Å². The summed E-state index contributed by atoms with van der Waals surface area (Å²) in [4.78, 5) is 8.57. The fourth-order valence-corrected chi connectivity index (χ4v) is 1.89. The van der Waals surface area contributed by atoms with Crippen LogP contribution in [0.1, 0.15) is 11.4 Å². The van der Waals surface area contributed by atoms with Gasteiger partial charge in [-0.05, 0) is 24.3 Å². The van der Waals surface area contributed by atoms with Gasteiger partial charge in [0.05, 0.1) is 11.2 Å². The van der Waals surface area contributed by atoms with Crippen LogP contribution in [0.25, 0.3) is 22.7 Å². The Morgan fingerprint density at radius 1 is 0.947 bits per heavy atom. The van der Waals surface area contributed by atoms with Gasteiger partial charge < -0.3 is 5.11 Å². The maximum atomic E-state index is 10.0. The third-order valence-electron chi connectivity index (χ3n) is 2.83. The van der Waals surface area contributed by atoms with Gasteiger partial charge in [-0.2, -0.15) is 0 Å². The van der Waals surface area contributed by atoms with E-state index < -0.39 is 0 Å². The van der Waals surface area contributed by atoms with E-state index in [1.165, 1.54) is 0 Å². The molecule has 19 heavy (non-hydrogen) atoms. The Balaban J connectivity index is 2.01. The van der Waals surface area contributed by atoms with Crippen LogP contribution in [0.15, 0.2) is 60.8 Å². The van der Waals surface area contributed by atoms with Gasteiger partial charge in [-0.1, -0.05) is 30.3 Å². The van der Waals surface area contributed by atoms with Gasteiger partial charge in [0.25, 0.3) is 0 Å². The highest BCUT2D eigenvalue weighted by Crippen LogP contribution is 2.16. The highest BCUT2D eigenvalue weighted by molar-refractivity contribution is 5.81. The molecule has 3 nitrogen and oxygen atoms in total. The molecule has 0 atom stereocenters. The maximum Gasteiger partial charge on any atom is 0.143 e. The fraction of sp³-hybridized carbons (Fsp3) is 0. The molecule has 0 aliphatic heterocycles. The Labute approximate surface area is 110 Å². The van der Waals surface area contributed by atoms with Crippen molar-refractivity contribution in [2.45, 2.75) is 0 Å². The lowest BCUT2D eigenvalue weighted by Crippen LogP contribution is -1.88. The van der Waals surface area contributed by atoms with Crippen LogP contribution in [0, 0.1) is 0 Å². The highest BCUT2D eigenvalue weighted by atomic mass is 16.3. The first-order valence-electron chi connectivity index (χ1n) is 6.01. The van der Waals surface area contributed by atoms with Gasteiger partial charge in [0.2, 0.25) is 0 Å². The van der Waals surface area contributed by atoms with Crippen LogP contribution >= 0.6 is 0 Å². The number of nitrogens with zero attached hydrogens (tertiary/aromatic N) is 2. The summed E-state index contributed by atoms with van der Waals surface area (Å²) in [6.45, 7) is 0. The van der Waals surface area contributed by atoms with E-state index in [0.717, 1.165) is 10.9 Å². The molecule has 0 radical (unpaired) electrons. The van der Waals surface area contributed by atoms with E-state index in [0.29, 0.717) is 11.4 Å². The van der Waals surface area contributed by atoms with E-state index >= 15 is 0 Å². The predicted molar refractivity (Wildman–Crippen MR) is 76.5 cm³/mol. The number of fused-ring (bicyclic) bond motifs is 1. The number of aliphatic hydroxyl groups excluding tert-OH is 1. The minimum atomic E-state index is 0.114. The number of aliphatic hydroxyl groups is 1. The van der Waals surface area contributed by atoms with Crippen LogP contribution in [-0.2, 0) is 0 Å². The molecular weight excluding hydrogens is 236 g/mol. The first kappa shape index (κ1) is 11.4. The molecule has 1 N–H and O–H groups in total. The van der Waals surface area contributed by atoms with Gasteiger partial charge in [0.1, 0.15) is 11.5 Å². The lowest BCUT2D eigenvalue weighted by atomic mass is 10.2. The zero-order valence-electron chi connectivity index (χ0n) is 10.2. The lowest BCUT2D eigenvalue weighted by Gasteiger charge is -2.01. The molecule has 0 fully saturated rings. The van der Waals surface area contributed by atoms with Crippen molar-refractivity contribution in [1.29, 1.82) is 0 Å². The third-order valence-corrected chi connectivity index (χ3v) is 2.83. The van der Waals surface area contributed by atoms with E-state index in [4.69, 9.17) is 0 Å². The first-order valence-corrected chi connectivity index (χ1v) is 6.01. The average molecular weight is 248 g/mol. The number of benzene rings is 1. The number of hydrogen-bond acceptors (Lipinski definition) is 3. The zero-order valence-corrected chi connectivity index (χ0v) is 10.2. The summed E-state index contributed by atoms with van der Waals surface area (Å²) in [5, 5.41) is 11.1. The van der Waals surface area contributed by atoms with Crippen molar-refractivity contribution < 1.29 is 5.11 Å². The second-order valence-corrected chi connectivity index (χ2v) is 4.17. The zero-order chi connectivity index (χ0) is 13.1. The van der Waals surface area contributed by atoms with Crippen LogP contribution in [0.2, 0.25) is 0 Å². The van der Waals surface area contributed by atoms with Crippen molar-refractivity contribution in [3.8, 4) is 0 Å². The third kappa shape index (κ3) is 2.45. The molecular formula is C16H12N2O. The molecule has 2 heterocycles. The Hall–Kier alpha value is -2.68. The summed E-state index contributed by atoms with van der Waals surface area (Å²) in [6.07, 6.45) is 3.27. The number of pyridine rings is 2. The second kappa shape index (κ2) is 4.90.